The van der Waals surface area contributed by atoms with Crippen molar-refractivity contribution in [3.8, 4) is 0 Å². The monoisotopic (exact) mass is 355 g/mol. The third-order valence-corrected chi connectivity index (χ3v) is 3.05. The van der Waals surface area contributed by atoms with Crippen LogP contribution in [0.2, 0.25) is 0 Å². The molecule has 0 saturated heterocycles. The number of nitro benzene ring substituents is 2. The Hall–Kier alpha value is -3.08. The summed E-state index contributed by atoms with van der Waals surface area (Å²) in [4.78, 5) is 45.4. The Labute approximate surface area is 142 Å². The third-order valence-electron chi connectivity index (χ3n) is 3.05. The van der Waals surface area contributed by atoms with Crippen molar-refractivity contribution in [2.75, 3.05) is 33.4 Å². The molecule has 1 aromatic carbocycles. The number of ether oxygens (including phenoxy) is 2. The minimum Gasteiger partial charge on any atom is -0.465 e. The summed E-state index contributed by atoms with van der Waals surface area (Å²) in [5, 5.41) is 21.8. The zero-order chi connectivity index (χ0) is 19.0. The summed E-state index contributed by atoms with van der Waals surface area (Å²) >= 11 is 0. The molecule has 0 fully saturated rings. The predicted molar refractivity (Wildman–Crippen MR) is 84.2 cm³/mol. The van der Waals surface area contributed by atoms with Crippen LogP contribution in [0.25, 0.3) is 0 Å². The van der Waals surface area contributed by atoms with Crippen LogP contribution in [0.15, 0.2) is 18.2 Å². The van der Waals surface area contributed by atoms with E-state index < -0.39 is 39.6 Å². The van der Waals surface area contributed by atoms with E-state index in [1.807, 2.05) is 0 Å². The lowest BCUT2D eigenvalue weighted by Crippen LogP contribution is -2.38. The molecule has 1 amide bonds. The maximum absolute atomic E-state index is 12.6. The van der Waals surface area contributed by atoms with Gasteiger partial charge in [-0.3, -0.25) is 29.8 Å². The van der Waals surface area contributed by atoms with Crippen LogP contribution in [0.3, 0.4) is 0 Å². The number of benzene rings is 1. The molecule has 1 aromatic rings. The van der Waals surface area contributed by atoms with Crippen molar-refractivity contribution in [1.82, 2.24) is 4.90 Å². The number of rotatable bonds is 9. The van der Waals surface area contributed by atoms with Gasteiger partial charge in [-0.1, -0.05) is 0 Å². The number of nitro groups is 2. The summed E-state index contributed by atoms with van der Waals surface area (Å²) in [6, 6.07) is 2.59. The van der Waals surface area contributed by atoms with Crippen molar-refractivity contribution < 1.29 is 28.9 Å². The fourth-order valence-electron chi connectivity index (χ4n) is 1.93. The molecule has 0 heterocycles. The number of carbonyl (C=O) groups excluding carboxylic acids is 2. The maximum atomic E-state index is 12.6. The predicted octanol–water partition coefficient (Wildman–Crippen LogP) is 1.15. The average molecular weight is 355 g/mol. The van der Waals surface area contributed by atoms with E-state index in [1.165, 1.54) is 7.11 Å². The first kappa shape index (κ1) is 20.0. The molecule has 0 aliphatic carbocycles. The van der Waals surface area contributed by atoms with Gasteiger partial charge in [0.25, 0.3) is 17.3 Å². The summed E-state index contributed by atoms with van der Waals surface area (Å²) in [6.07, 6.45) is 0. The van der Waals surface area contributed by atoms with Crippen LogP contribution < -0.4 is 0 Å². The van der Waals surface area contributed by atoms with Gasteiger partial charge in [0.15, 0.2) is 0 Å². The van der Waals surface area contributed by atoms with Crippen LogP contribution in [0, 0.1) is 20.2 Å². The van der Waals surface area contributed by atoms with E-state index in [2.05, 4.69) is 0 Å². The van der Waals surface area contributed by atoms with Gasteiger partial charge < -0.3 is 14.4 Å². The van der Waals surface area contributed by atoms with Crippen molar-refractivity contribution in [3.05, 3.63) is 44.0 Å². The standard InChI is InChI=1S/C14H17N3O8/c1-3-25-13(18)9-15(4-5-24-2)14(19)10-6-11(16(20)21)8-12(7-10)17(22)23/h6-8H,3-5,9H2,1-2H3. The molecule has 25 heavy (non-hydrogen) atoms. The SMILES string of the molecule is CCOC(=O)CN(CCOC)C(=O)c1cc([N+](=O)[O-])cc([N+](=O)[O-])c1. The first-order chi connectivity index (χ1) is 11.8. The molecule has 0 radical (unpaired) electrons. The number of nitrogens with zero attached hydrogens (tertiary/aromatic N) is 3. The summed E-state index contributed by atoms with van der Waals surface area (Å²) < 4.78 is 9.63. The molecular formula is C14H17N3O8. The van der Waals surface area contributed by atoms with Crippen molar-refractivity contribution in [3.63, 3.8) is 0 Å². The molecule has 0 aromatic heterocycles. The molecule has 0 spiro atoms. The number of amides is 1. The first-order valence-electron chi connectivity index (χ1n) is 7.17. The molecule has 136 valence electrons. The molecular weight excluding hydrogens is 338 g/mol. The number of methoxy groups -OCH3 is 1. The van der Waals surface area contributed by atoms with Gasteiger partial charge in [0.05, 0.1) is 34.7 Å². The normalized spacial score (nSPS) is 10.2. The summed E-state index contributed by atoms with van der Waals surface area (Å²) in [7, 11) is 1.39. The van der Waals surface area contributed by atoms with E-state index in [1.54, 1.807) is 6.92 Å². The molecule has 0 aliphatic rings. The second-order valence-corrected chi connectivity index (χ2v) is 4.78. The van der Waals surface area contributed by atoms with Crippen LogP contribution >= 0.6 is 0 Å². The Balaban J connectivity index is 3.19. The van der Waals surface area contributed by atoms with Gasteiger partial charge in [-0.25, -0.2) is 0 Å². The van der Waals surface area contributed by atoms with Crippen molar-refractivity contribution in [2.45, 2.75) is 6.92 Å². The minimum atomic E-state index is -0.839. The number of esters is 1. The Morgan fingerprint density at radius 2 is 1.68 bits per heavy atom. The molecule has 0 bridgehead atoms. The summed E-state index contributed by atoms with van der Waals surface area (Å²) in [6.45, 7) is 1.41. The molecule has 0 unspecified atom stereocenters. The second kappa shape index (κ2) is 9.27. The van der Waals surface area contributed by atoms with Crippen molar-refractivity contribution in [2.24, 2.45) is 0 Å². The molecule has 0 saturated carbocycles. The average Bonchev–Trinajstić information content (AvgIpc) is 2.57. The van der Waals surface area contributed by atoms with Crippen molar-refractivity contribution >= 4 is 23.3 Å². The number of non-ortho nitro benzene ring substituents is 2. The van der Waals surface area contributed by atoms with Crippen LogP contribution in [-0.2, 0) is 14.3 Å². The van der Waals surface area contributed by atoms with E-state index in [4.69, 9.17) is 9.47 Å². The fraction of sp³-hybridized carbons (Fsp3) is 0.429. The molecule has 0 atom stereocenters. The van der Waals surface area contributed by atoms with E-state index >= 15 is 0 Å². The van der Waals surface area contributed by atoms with E-state index in [9.17, 15) is 29.8 Å². The van der Waals surface area contributed by atoms with Crippen LogP contribution in [-0.4, -0.2) is 60.0 Å². The second-order valence-electron chi connectivity index (χ2n) is 4.78. The molecule has 1 rings (SSSR count). The Kier molecular flexibility index (Phi) is 7.41. The lowest BCUT2D eigenvalue weighted by atomic mass is 10.1. The van der Waals surface area contributed by atoms with Crippen LogP contribution in [0.4, 0.5) is 11.4 Å². The Morgan fingerprint density at radius 1 is 1.12 bits per heavy atom. The summed E-state index contributed by atoms with van der Waals surface area (Å²) in [5.74, 6) is -1.45. The van der Waals surface area contributed by atoms with Gasteiger partial charge in [0.2, 0.25) is 0 Å². The van der Waals surface area contributed by atoms with Gasteiger partial charge in [-0.05, 0) is 6.92 Å². The first-order valence-corrected chi connectivity index (χ1v) is 7.17. The molecule has 0 N–H and O–H groups in total. The zero-order valence-electron chi connectivity index (χ0n) is 13.7. The van der Waals surface area contributed by atoms with Gasteiger partial charge in [0, 0.05) is 25.8 Å². The highest BCUT2D eigenvalue weighted by Gasteiger charge is 2.24. The number of hydrogen-bond acceptors (Lipinski definition) is 8. The molecule has 0 aliphatic heterocycles. The quantitative estimate of drug-likeness (QED) is 0.365. The van der Waals surface area contributed by atoms with E-state index in [0.717, 1.165) is 23.1 Å². The van der Waals surface area contributed by atoms with Gasteiger partial charge in [-0.2, -0.15) is 0 Å². The van der Waals surface area contributed by atoms with Gasteiger partial charge >= 0.3 is 5.97 Å². The maximum Gasteiger partial charge on any atom is 0.325 e. The van der Waals surface area contributed by atoms with E-state index in [-0.39, 0.29) is 25.3 Å². The van der Waals surface area contributed by atoms with E-state index in [0.29, 0.717) is 0 Å². The smallest absolute Gasteiger partial charge is 0.325 e. The highest BCUT2D eigenvalue weighted by atomic mass is 16.6. The largest absolute Gasteiger partial charge is 0.465 e. The van der Waals surface area contributed by atoms with Gasteiger partial charge in [0.1, 0.15) is 6.54 Å². The highest BCUT2D eigenvalue weighted by molar-refractivity contribution is 5.97. The molecule has 11 heteroatoms. The summed E-state index contributed by atoms with van der Waals surface area (Å²) in [5.41, 5.74) is -1.47. The van der Waals surface area contributed by atoms with Crippen LogP contribution in [0.1, 0.15) is 17.3 Å². The fourth-order valence-corrected chi connectivity index (χ4v) is 1.93. The topological polar surface area (TPSA) is 142 Å². The Morgan fingerprint density at radius 3 is 2.12 bits per heavy atom. The highest BCUT2D eigenvalue weighted by Crippen LogP contribution is 2.23. The Bertz CT molecular complexity index is 644. The molecule has 11 nitrogen and oxygen atoms in total. The number of hydrogen-bond donors (Lipinski definition) is 0. The lowest BCUT2D eigenvalue weighted by Gasteiger charge is -2.21. The van der Waals surface area contributed by atoms with Crippen LogP contribution in [0.5, 0.6) is 0 Å². The third kappa shape index (κ3) is 5.80. The number of carbonyl (C=O) groups is 2. The lowest BCUT2D eigenvalue weighted by molar-refractivity contribution is -0.394. The van der Waals surface area contributed by atoms with Gasteiger partial charge in [-0.15, -0.1) is 0 Å². The zero-order valence-corrected chi connectivity index (χ0v) is 13.7. The van der Waals surface area contributed by atoms with Crippen molar-refractivity contribution in [1.29, 1.82) is 0 Å². The minimum absolute atomic E-state index is 0.00460.